The summed E-state index contributed by atoms with van der Waals surface area (Å²) in [6.45, 7) is -0.836. The highest BCUT2D eigenvalue weighted by atomic mass is 19.3. The minimum absolute atomic E-state index is 0.0947. The van der Waals surface area contributed by atoms with Crippen molar-refractivity contribution < 1.29 is 23.0 Å². The van der Waals surface area contributed by atoms with E-state index in [1.54, 1.807) is 43.3 Å². The molecule has 0 aliphatic rings. The number of nitrogens with one attached hydrogen (secondary N) is 1. The van der Waals surface area contributed by atoms with Gasteiger partial charge in [0.25, 0.3) is 5.91 Å². The van der Waals surface area contributed by atoms with Crippen molar-refractivity contribution in [2.45, 2.75) is 26.1 Å². The van der Waals surface area contributed by atoms with Gasteiger partial charge in [0.1, 0.15) is 11.5 Å². The highest BCUT2D eigenvalue weighted by Crippen LogP contribution is 2.15. The predicted octanol–water partition coefficient (Wildman–Crippen LogP) is 3.29. The molecule has 2 aromatic carbocycles. The van der Waals surface area contributed by atoms with E-state index in [-0.39, 0.29) is 11.7 Å². The van der Waals surface area contributed by atoms with Gasteiger partial charge in [-0.15, -0.1) is 0 Å². The third kappa shape index (κ3) is 6.06. The standard InChI is InChI=1S/C19H18F2N2O3/c1-13(25-16-8-4-15(12-22)5-9-16)18(24)23-11-10-14-2-6-17(7-3-14)26-19(20)21/h2-9,13,19H,10-11H2,1H3,(H,23,24). The van der Waals surface area contributed by atoms with Crippen LogP contribution in [0, 0.1) is 11.3 Å². The molecule has 136 valence electrons. The molecule has 1 atom stereocenters. The molecule has 7 heteroatoms. The van der Waals surface area contributed by atoms with E-state index in [1.807, 2.05) is 6.07 Å². The fourth-order valence-corrected chi connectivity index (χ4v) is 2.18. The maximum Gasteiger partial charge on any atom is 0.387 e. The van der Waals surface area contributed by atoms with Gasteiger partial charge in [0.05, 0.1) is 11.6 Å². The van der Waals surface area contributed by atoms with Crippen molar-refractivity contribution in [3.05, 3.63) is 59.7 Å². The Kier molecular flexibility index (Phi) is 6.92. The Morgan fingerprint density at radius 2 is 1.65 bits per heavy atom. The van der Waals surface area contributed by atoms with Crippen LogP contribution >= 0.6 is 0 Å². The summed E-state index contributed by atoms with van der Waals surface area (Å²) in [5, 5.41) is 11.5. The lowest BCUT2D eigenvalue weighted by molar-refractivity contribution is -0.127. The van der Waals surface area contributed by atoms with Gasteiger partial charge < -0.3 is 14.8 Å². The molecule has 1 amide bonds. The molecule has 0 bridgehead atoms. The van der Waals surface area contributed by atoms with E-state index in [0.717, 1.165) is 5.56 Å². The van der Waals surface area contributed by atoms with Gasteiger partial charge in [-0.2, -0.15) is 14.0 Å². The van der Waals surface area contributed by atoms with Gasteiger partial charge in [-0.1, -0.05) is 12.1 Å². The molecule has 0 aliphatic heterocycles. The SMILES string of the molecule is CC(Oc1ccc(C#N)cc1)C(=O)NCCc1ccc(OC(F)F)cc1. The lowest BCUT2D eigenvalue weighted by atomic mass is 10.1. The summed E-state index contributed by atoms with van der Waals surface area (Å²) in [4.78, 5) is 12.0. The minimum atomic E-state index is -2.85. The van der Waals surface area contributed by atoms with E-state index in [0.29, 0.717) is 24.3 Å². The van der Waals surface area contributed by atoms with E-state index >= 15 is 0 Å². The van der Waals surface area contributed by atoms with Crippen LogP contribution in [0.5, 0.6) is 11.5 Å². The van der Waals surface area contributed by atoms with Crippen LogP contribution in [-0.4, -0.2) is 25.2 Å². The Bertz CT molecular complexity index is 756. The van der Waals surface area contributed by atoms with Gasteiger partial charge in [0, 0.05) is 6.54 Å². The molecule has 0 heterocycles. The van der Waals surface area contributed by atoms with Crippen molar-refractivity contribution in [1.82, 2.24) is 5.32 Å². The largest absolute Gasteiger partial charge is 0.481 e. The number of rotatable bonds is 8. The van der Waals surface area contributed by atoms with Gasteiger partial charge in [-0.25, -0.2) is 0 Å². The van der Waals surface area contributed by atoms with Crippen molar-refractivity contribution >= 4 is 5.91 Å². The second-order valence-electron chi connectivity index (χ2n) is 5.46. The molecule has 0 radical (unpaired) electrons. The summed E-state index contributed by atoms with van der Waals surface area (Å²) in [5.41, 5.74) is 1.40. The third-order valence-corrected chi connectivity index (χ3v) is 3.53. The van der Waals surface area contributed by atoms with Crippen LogP contribution in [-0.2, 0) is 11.2 Å². The first-order chi connectivity index (χ1) is 12.5. The number of ether oxygens (including phenoxy) is 2. The van der Waals surface area contributed by atoms with E-state index < -0.39 is 12.7 Å². The summed E-state index contributed by atoms with van der Waals surface area (Å²) in [5.74, 6) is 0.325. The molecular weight excluding hydrogens is 342 g/mol. The number of alkyl halides is 2. The summed E-state index contributed by atoms with van der Waals surface area (Å²) >= 11 is 0. The molecular formula is C19H18F2N2O3. The first-order valence-corrected chi connectivity index (χ1v) is 7.96. The van der Waals surface area contributed by atoms with Crippen molar-refractivity contribution in [3.8, 4) is 17.6 Å². The monoisotopic (exact) mass is 360 g/mol. The quantitative estimate of drug-likeness (QED) is 0.784. The zero-order chi connectivity index (χ0) is 18.9. The predicted molar refractivity (Wildman–Crippen MR) is 91.0 cm³/mol. The second kappa shape index (κ2) is 9.37. The van der Waals surface area contributed by atoms with Crippen LogP contribution in [0.25, 0.3) is 0 Å². The van der Waals surface area contributed by atoms with Crippen molar-refractivity contribution in [2.24, 2.45) is 0 Å². The average Bonchev–Trinajstić information content (AvgIpc) is 2.63. The molecule has 26 heavy (non-hydrogen) atoms. The Morgan fingerprint density at radius 3 is 2.23 bits per heavy atom. The van der Waals surface area contributed by atoms with Crippen LogP contribution in [0.2, 0.25) is 0 Å². The summed E-state index contributed by atoms with van der Waals surface area (Å²) < 4.78 is 34.0. The molecule has 1 unspecified atom stereocenters. The van der Waals surface area contributed by atoms with Crippen LogP contribution in [0.1, 0.15) is 18.1 Å². The number of hydrogen-bond donors (Lipinski definition) is 1. The van der Waals surface area contributed by atoms with E-state index in [1.165, 1.54) is 12.1 Å². The number of hydrogen-bond acceptors (Lipinski definition) is 4. The molecule has 0 fully saturated rings. The summed E-state index contributed by atoms with van der Waals surface area (Å²) in [6, 6.07) is 14.7. The topological polar surface area (TPSA) is 71.3 Å². The number of amides is 1. The molecule has 0 saturated heterocycles. The number of nitrogens with zero attached hydrogens (tertiary/aromatic N) is 1. The lowest BCUT2D eigenvalue weighted by Crippen LogP contribution is -2.37. The first kappa shape index (κ1) is 19.2. The number of halogens is 2. The van der Waals surface area contributed by atoms with Crippen LogP contribution in [0.15, 0.2) is 48.5 Å². The zero-order valence-electron chi connectivity index (χ0n) is 14.1. The van der Waals surface area contributed by atoms with Crippen molar-refractivity contribution in [2.75, 3.05) is 6.54 Å². The van der Waals surface area contributed by atoms with Crippen LogP contribution < -0.4 is 14.8 Å². The van der Waals surface area contributed by atoms with E-state index in [9.17, 15) is 13.6 Å². The smallest absolute Gasteiger partial charge is 0.387 e. The van der Waals surface area contributed by atoms with E-state index in [2.05, 4.69) is 10.1 Å². The van der Waals surface area contributed by atoms with Crippen LogP contribution in [0.4, 0.5) is 8.78 Å². The van der Waals surface area contributed by atoms with Gasteiger partial charge in [0.2, 0.25) is 0 Å². The summed E-state index contributed by atoms with van der Waals surface area (Å²) in [6.07, 6.45) is -0.144. The Labute approximate surface area is 150 Å². The number of nitriles is 1. The molecule has 5 nitrogen and oxygen atoms in total. The number of carbonyl (C=O) groups excluding carboxylic acids is 1. The van der Waals surface area contributed by atoms with Gasteiger partial charge in [-0.05, 0) is 55.3 Å². The van der Waals surface area contributed by atoms with Gasteiger partial charge in [0.15, 0.2) is 6.10 Å². The van der Waals surface area contributed by atoms with Crippen molar-refractivity contribution in [3.63, 3.8) is 0 Å². The molecule has 0 aromatic heterocycles. The summed E-state index contributed by atoms with van der Waals surface area (Å²) in [7, 11) is 0. The lowest BCUT2D eigenvalue weighted by Gasteiger charge is -2.14. The van der Waals surface area contributed by atoms with Gasteiger partial charge in [-0.3, -0.25) is 4.79 Å². The normalized spacial score (nSPS) is 11.5. The third-order valence-electron chi connectivity index (χ3n) is 3.53. The Morgan fingerprint density at radius 1 is 1.08 bits per heavy atom. The fraction of sp³-hybridized carbons (Fsp3) is 0.263. The van der Waals surface area contributed by atoms with Gasteiger partial charge >= 0.3 is 6.61 Å². The average molecular weight is 360 g/mol. The van der Waals surface area contributed by atoms with Crippen molar-refractivity contribution in [1.29, 1.82) is 5.26 Å². The van der Waals surface area contributed by atoms with Crippen LogP contribution in [0.3, 0.4) is 0 Å². The molecule has 1 N–H and O–H groups in total. The number of benzene rings is 2. The number of carbonyl (C=O) groups is 1. The van der Waals surface area contributed by atoms with E-state index in [4.69, 9.17) is 10.00 Å². The molecule has 2 aromatic rings. The maximum atomic E-state index is 12.1. The Hall–Kier alpha value is -3.14. The second-order valence-corrected chi connectivity index (χ2v) is 5.46. The highest BCUT2D eigenvalue weighted by Gasteiger charge is 2.14. The molecule has 0 spiro atoms. The minimum Gasteiger partial charge on any atom is -0.481 e. The molecule has 0 saturated carbocycles. The molecule has 0 aliphatic carbocycles. The first-order valence-electron chi connectivity index (χ1n) is 7.96. The fourth-order valence-electron chi connectivity index (χ4n) is 2.18. The molecule has 2 rings (SSSR count). The maximum absolute atomic E-state index is 12.1. The highest BCUT2D eigenvalue weighted by molar-refractivity contribution is 5.80. The Balaban J connectivity index is 1.76. The zero-order valence-corrected chi connectivity index (χ0v) is 14.1.